The number of hydrogen-bond donors (Lipinski definition) is 1. The van der Waals surface area contributed by atoms with Crippen LogP contribution in [-0.4, -0.2) is 35.6 Å². The summed E-state index contributed by atoms with van der Waals surface area (Å²) in [6, 6.07) is 6.09. The van der Waals surface area contributed by atoms with Crippen LogP contribution >= 0.6 is 0 Å². The predicted molar refractivity (Wildman–Crippen MR) is 103 cm³/mol. The lowest BCUT2D eigenvalue weighted by atomic mass is 9.92. The number of carbonyl (C=O) groups excluding carboxylic acids is 2. The third kappa shape index (κ3) is 6.22. The number of halogens is 1. The van der Waals surface area contributed by atoms with Crippen LogP contribution in [0.15, 0.2) is 24.3 Å². The molecule has 0 aromatic heterocycles. The maximum Gasteiger partial charge on any atom is 0.410 e. The van der Waals surface area contributed by atoms with Crippen molar-refractivity contribution >= 4 is 12.0 Å². The molecule has 1 aliphatic heterocycles. The third-order valence-electron chi connectivity index (χ3n) is 4.71. The number of ether oxygens (including phenoxy) is 1. The second-order valence-corrected chi connectivity index (χ2v) is 8.52. The molecule has 1 saturated heterocycles. The van der Waals surface area contributed by atoms with Crippen molar-refractivity contribution in [1.82, 2.24) is 10.2 Å². The first kappa shape index (κ1) is 21.2. The molecule has 1 N–H and O–H groups in total. The van der Waals surface area contributed by atoms with E-state index in [1.54, 1.807) is 17.0 Å². The van der Waals surface area contributed by atoms with Gasteiger partial charge in [-0.15, -0.1) is 0 Å². The highest BCUT2D eigenvalue weighted by molar-refractivity contribution is 5.79. The van der Waals surface area contributed by atoms with Crippen LogP contribution in [0.1, 0.15) is 59.1 Å². The van der Waals surface area contributed by atoms with E-state index < -0.39 is 5.60 Å². The lowest BCUT2D eigenvalue weighted by Crippen LogP contribution is -2.45. The van der Waals surface area contributed by atoms with Crippen molar-refractivity contribution in [3.8, 4) is 0 Å². The first-order valence-electron chi connectivity index (χ1n) is 9.60. The van der Waals surface area contributed by atoms with Gasteiger partial charge in [-0.2, -0.15) is 0 Å². The Hall–Kier alpha value is -2.11. The monoisotopic (exact) mass is 378 g/mol. The molecule has 1 aromatic carbocycles. The molecular formula is C21H31FN2O3. The highest BCUT2D eigenvalue weighted by atomic mass is 19.1. The topological polar surface area (TPSA) is 58.6 Å². The molecule has 1 atom stereocenters. The van der Waals surface area contributed by atoms with Crippen molar-refractivity contribution in [3.05, 3.63) is 35.6 Å². The number of amides is 2. The average molecular weight is 378 g/mol. The fourth-order valence-electron chi connectivity index (χ4n) is 3.23. The van der Waals surface area contributed by atoms with Crippen LogP contribution < -0.4 is 5.32 Å². The van der Waals surface area contributed by atoms with Gasteiger partial charge in [-0.05, 0) is 57.2 Å². The highest BCUT2D eigenvalue weighted by Crippen LogP contribution is 2.25. The van der Waals surface area contributed by atoms with Gasteiger partial charge in [0.05, 0.1) is 6.04 Å². The summed E-state index contributed by atoms with van der Waals surface area (Å²) in [6.45, 7) is 10.6. The van der Waals surface area contributed by atoms with Crippen LogP contribution in [0, 0.1) is 17.7 Å². The number of piperidine rings is 1. The van der Waals surface area contributed by atoms with Gasteiger partial charge in [-0.3, -0.25) is 4.79 Å². The van der Waals surface area contributed by atoms with E-state index in [1.807, 2.05) is 34.6 Å². The molecule has 2 rings (SSSR count). The standard InChI is InChI=1S/C21H31FN2O3/c1-14(2)18(15-6-8-17(22)9-7-15)23-19(25)16-10-12-24(13-11-16)20(26)27-21(3,4)5/h6-9,14,16,18H,10-13H2,1-5H3,(H,23,25)/t18-/m1/s1. The zero-order chi connectivity index (χ0) is 20.2. The summed E-state index contributed by atoms with van der Waals surface area (Å²) in [7, 11) is 0. The number of benzene rings is 1. The smallest absolute Gasteiger partial charge is 0.410 e. The van der Waals surface area contributed by atoms with Crippen molar-refractivity contribution in [2.75, 3.05) is 13.1 Å². The largest absolute Gasteiger partial charge is 0.444 e. The second-order valence-electron chi connectivity index (χ2n) is 8.52. The van der Waals surface area contributed by atoms with Gasteiger partial charge < -0.3 is 15.0 Å². The van der Waals surface area contributed by atoms with Crippen molar-refractivity contribution in [1.29, 1.82) is 0 Å². The maximum absolute atomic E-state index is 13.2. The number of carbonyl (C=O) groups is 2. The average Bonchev–Trinajstić information content (AvgIpc) is 2.59. The van der Waals surface area contributed by atoms with Crippen molar-refractivity contribution in [3.63, 3.8) is 0 Å². The zero-order valence-corrected chi connectivity index (χ0v) is 16.9. The van der Waals surface area contributed by atoms with Crippen molar-refractivity contribution < 1.29 is 18.7 Å². The fourth-order valence-corrected chi connectivity index (χ4v) is 3.23. The minimum Gasteiger partial charge on any atom is -0.444 e. The summed E-state index contributed by atoms with van der Waals surface area (Å²) in [5, 5.41) is 3.11. The fraction of sp³-hybridized carbons (Fsp3) is 0.619. The third-order valence-corrected chi connectivity index (χ3v) is 4.71. The summed E-state index contributed by atoms with van der Waals surface area (Å²) in [5.41, 5.74) is 0.372. The minimum atomic E-state index is -0.523. The van der Waals surface area contributed by atoms with E-state index in [0.29, 0.717) is 25.9 Å². The first-order valence-corrected chi connectivity index (χ1v) is 9.60. The van der Waals surface area contributed by atoms with E-state index >= 15 is 0 Å². The van der Waals surface area contributed by atoms with Gasteiger partial charge in [-0.25, -0.2) is 9.18 Å². The molecule has 150 valence electrons. The molecule has 27 heavy (non-hydrogen) atoms. The molecule has 0 saturated carbocycles. The Kier molecular flexibility index (Phi) is 6.84. The molecule has 6 heteroatoms. The Labute approximate surface area is 161 Å². The van der Waals surface area contributed by atoms with Gasteiger partial charge in [0.15, 0.2) is 0 Å². The van der Waals surface area contributed by atoms with E-state index in [-0.39, 0.29) is 35.7 Å². The van der Waals surface area contributed by atoms with Gasteiger partial charge in [0, 0.05) is 19.0 Å². The Balaban J connectivity index is 1.92. The Bertz CT molecular complexity index is 644. The number of hydrogen-bond acceptors (Lipinski definition) is 3. The first-order chi connectivity index (χ1) is 12.6. The number of likely N-dealkylation sites (tertiary alicyclic amines) is 1. The van der Waals surface area contributed by atoms with Gasteiger partial charge in [0.2, 0.25) is 5.91 Å². The number of nitrogens with zero attached hydrogens (tertiary/aromatic N) is 1. The van der Waals surface area contributed by atoms with Gasteiger partial charge in [0.25, 0.3) is 0 Å². The summed E-state index contributed by atoms with van der Waals surface area (Å²) in [6.07, 6.45) is 0.895. The van der Waals surface area contributed by atoms with Gasteiger partial charge in [0.1, 0.15) is 11.4 Å². The molecule has 0 unspecified atom stereocenters. The molecule has 2 amide bonds. The van der Waals surface area contributed by atoms with E-state index in [2.05, 4.69) is 5.32 Å². The van der Waals surface area contributed by atoms with Crippen LogP contribution in [0.3, 0.4) is 0 Å². The lowest BCUT2D eigenvalue weighted by molar-refractivity contribution is -0.127. The van der Waals surface area contributed by atoms with Gasteiger partial charge in [-0.1, -0.05) is 26.0 Å². The highest BCUT2D eigenvalue weighted by Gasteiger charge is 2.31. The lowest BCUT2D eigenvalue weighted by Gasteiger charge is -2.34. The van der Waals surface area contributed by atoms with E-state index in [4.69, 9.17) is 4.74 Å². The number of rotatable bonds is 4. The molecule has 1 fully saturated rings. The van der Waals surface area contributed by atoms with Gasteiger partial charge >= 0.3 is 6.09 Å². The SMILES string of the molecule is CC(C)[C@@H](NC(=O)C1CCN(C(=O)OC(C)(C)C)CC1)c1ccc(F)cc1. The minimum absolute atomic E-state index is 0.0122. The normalized spacial score (nSPS) is 16.9. The van der Waals surface area contributed by atoms with Crippen LogP contribution in [0.5, 0.6) is 0 Å². The van der Waals surface area contributed by atoms with Crippen LogP contribution in [0.25, 0.3) is 0 Å². The van der Waals surface area contributed by atoms with Crippen LogP contribution in [0.4, 0.5) is 9.18 Å². The predicted octanol–water partition coefficient (Wildman–Crippen LogP) is 4.29. The van der Waals surface area contributed by atoms with E-state index in [1.165, 1.54) is 12.1 Å². The van der Waals surface area contributed by atoms with Crippen LogP contribution in [0.2, 0.25) is 0 Å². The molecule has 0 radical (unpaired) electrons. The van der Waals surface area contributed by atoms with Crippen molar-refractivity contribution in [2.45, 2.75) is 59.1 Å². The molecule has 0 aliphatic carbocycles. The van der Waals surface area contributed by atoms with Crippen molar-refractivity contribution in [2.24, 2.45) is 11.8 Å². The molecule has 5 nitrogen and oxygen atoms in total. The number of nitrogens with one attached hydrogen (secondary N) is 1. The summed E-state index contributed by atoms with van der Waals surface area (Å²) in [5.74, 6) is -0.254. The Morgan fingerprint density at radius 3 is 2.19 bits per heavy atom. The molecule has 1 aliphatic rings. The maximum atomic E-state index is 13.2. The van der Waals surface area contributed by atoms with Crippen LogP contribution in [-0.2, 0) is 9.53 Å². The molecular weight excluding hydrogens is 347 g/mol. The summed E-state index contributed by atoms with van der Waals surface area (Å²) in [4.78, 5) is 26.5. The van der Waals surface area contributed by atoms with E-state index in [9.17, 15) is 14.0 Å². The molecule has 0 bridgehead atoms. The Morgan fingerprint density at radius 1 is 1.15 bits per heavy atom. The second kappa shape index (κ2) is 8.72. The molecule has 1 heterocycles. The molecule has 0 spiro atoms. The molecule has 1 aromatic rings. The van der Waals surface area contributed by atoms with E-state index in [0.717, 1.165) is 5.56 Å². The summed E-state index contributed by atoms with van der Waals surface area (Å²) >= 11 is 0. The summed E-state index contributed by atoms with van der Waals surface area (Å²) < 4.78 is 18.6. The Morgan fingerprint density at radius 2 is 1.70 bits per heavy atom. The zero-order valence-electron chi connectivity index (χ0n) is 16.9. The quantitative estimate of drug-likeness (QED) is 0.850.